The van der Waals surface area contributed by atoms with Crippen LogP contribution in [0.25, 0.3) is 0 Å². The molecule has 3 heterocycles. The van der Waals surface area contributed by atoms with Gasteiger partial charge in [0.05, 0.1) is 5.69 Å². The van der Waals surface area contributed by atoms with Gasteiger partial charge in [-0.05, 0) is 25.8 Å². The zero-order valence-electron chi connectivity index (χ0n) is 13.6. The van der Waals surface area contributed by atoms with Crippen LogP contribution in [-0.4, -0.2) is 43.6 Å². The molecule has 0 aromatic carbocycles. The highest BCUT2D eigenvalue weighted by Crippen LogP contribution is 2.16. The molecule has 0 atom stereocenters. The summed E-state index contributed by atoms with van der Waals surface area (Å²) in [7, 11) is 1.71. The second-order valence-electron chi connectivity index (χ2n) is 6.05. The lowest BCUT2D eigenvalue weighted by Gasteiger charge is -2.32. The summed E-state index contributed by atoms with van der Waals surface area (Å²) in [4.78, 5) is 26.4. The van der Waals surface area contributed by atoms with E-state index in [-0.39, 0.29) is 5.69 Å². The maximum absolute atomic E-state index is 11.6. The summed E-state index contributed by atoms with van der Waals surface area (Å²) in [6.07, 6.45) is 5.46. The number of rotatable bonds is 4. The molecule has 1 fully saturated rings. The Hall–Kier alpha value is -2.28. The van der Waals surface area contributed by atoms with Crippen molar-refractivity contribution in [3.63, 3.8) is 0 Å². The van der Waals surface area contributed by atoms with E-state index >= 15 is 0 Å². The van der Waals surface area contributed by atoms with Gasteiger partial charge >= 0.3 is 5.69 Å². The van der Waals surface area contributed by atoms with Crippen molar-refractivity contribution in [2.24, 2.45) is 7.05 Å². The van der Waals surface area contributed by atoms with E-state index in [0.717, 1.165) is 49.7 Å². The zero-order chi connectivity index (χ0) is 16.2. The van der Waals surface area contributed by atoms with Gasteiger partial charge in [0.15, 0.2) is 0 Å². The maximum atomic E-state index is 11.6. The third-order valence-electron chi connectivity index (χ3n) is 4.16. The van der Waals surface area contributed by atoms with E-state index in [2.05, 4.69) is 25.2 Å². The Morgan fingerprint density at radius 1 is 1.30 bits per heavy atom. The van der Waals surface area contributed by atoms with Gasteiger partial charge < -0.3 is 9.88 Å². The first-order chi connectivity index (χ1) is 11.1. The summed E-state index contributed by atoms with van der Waals surface area (Å²) >= 11 is 0. The van der Waals surface area contributed by atoms with Crippen LogP contribution in [0, 0.1) is 6.92 Å². The summed E-state index contributed by atoms with van der Waals surface area (Å²) in [6, 6.07) is 4.31. The molecule has 3 rings (SSSR count). The van der Waals surface area contributed by atoms with Crippen LogP contribution in [0.2, 0.25) is 0 Å². The number of hydrogen-bond acceptors (Lipinski definition) is 6. The van der Waals surface area contributed by atoms with Crippen molar-refractivity contribution in [3.8, 4) is 0 Å². The van der Waals surface area contributed by atoms with E-state index in [1.165, 1.54) is 4.57 Å². The van der Waals surface area contributed by atoms with Crippen molar-refractivity contribution in [3.05, 3.63) is 46.5 Å². The molecule has 0 saturated carbocycles. The van der Waals surface area contributed by atoms with Crippen LogP contribution in [0.15, 0.2) is 29.5 Å². The average molecular weight is 314 g/mol. The number of nitrogens with one attached hydrogen (secondary N) is 1. The Morgan fingerprint density at radius 2 is 2.09 bits per heavy atom. The van der Waals surface area contributed by atoms with E-state index in [1.54, 1.807) is 19.6 Å². The van der Waals surface area contributed by atoms with Gasteiger partial charge in [0.1, 0.15) is 12.1 Å². The summed E-state index contributed by atoms with van der Waals surface area (Å²) < 4.78 is 1.49. The monoisotopic (exact) mass is 314 g/mol. The van der Waals surface area contributed by atoms with Crippen molar-refractivity contribution in [2.45, 2.75) is 32.4 Å². The van der Waals surface area contributed by atoms with Crippen LogP contribution in [0.3, 0.4) is 0 Å². The fourth-order valence-electron chi connectivity index (χ4n) is 2.80. The topological polar surface area (TPSA) is 75.9 Å². The first-order valence-electron chi connectivity index (χ1n) is 7.90. The van der Waals surface area contributed by atoms with Crippen LogP contribution in [0.5, 0.6) is 0 Å². The summed E-state index contributed by atoms with van der Waals surface area (Å²) in [5.41, 5.74) is 1.61. The molecule has 1 aliphatic rings. The van der Waals surface area contributed by atoms with Crippen LogP contribution >= 0.6 is 0 Å². The normalized spacial score (nSPS) is 16.4. The minimum Gasteiger partial charge on any atom is -0.367 e. The van der Waals surface area contributed by atoms with Gasteiger partial charge in [-0.2, -0.15) is 4.98 Å². The summed E-state index contributed by atoms with van der Waals surface area (Å²) in [6.45, 7) is 4.67. The quantitative estimate of drug-likeness (QED) is 0.906. The molecule has 2 aromatic heterocycles. The molecule has 1 aliphatic heterocycles. The molecule has 122 valence electrons. The molecule has 2 aromatic rings. The molecule has 1 saturated heterocycles. The molecule has 0 bridgehead atoms. The van der Waals surface area contributed by atoms with Gasteiger partial charge in [-0.15, -0.1) is 0 Å². The molecule has 0 aliphatic carbocycles. The molecule has 7 heteroatoms. The van der Waals surface area contributed by atoms with Gasteiger partial charge in [0.25, 0.3) is 0 Å². The van der Waals surface area contributed by atoms with Gasteiger partial charge in [-0.3, -0.25) is 4.90 Å². The molecule has 23 heavy (non-hydrogen) atoms. The fraction of sp³-hybridized carbons (Fsp3) is 0.500. The predicted octanol–water partition coefficient (Wildman–Crippen LogP) is 0.955. The zero-order valence-corrected chi connectivity index (χ0v) is 13.6. The van der Waals surface area contributed by atoms with Crippen molar-refractivity contribution in [2.75, 3.05) is 18.4 Å². The number of piperidine rings is 1. The lowest BCUT2D eigenvalue weighted by Crippen LogP contribution is -2.39. The van der Waals surface area contributed by atoms with E-state index in [1.807, 2.05) is 19.1 Å². The lowest BCUT2D eigenvalue weighted by molar-refractivity contribution is 0.208. The summed E-state index contributed by atoms with van der Waals surface area (Å²) in [5.74, 6) is 0.893. The fourth-order valence-corrected chi connectivity index (χ4v) is 2.80. The second kappa shape index (κ2) is 6.87. The minimum absolute atomic E-state index is 0.196. The van der Waals surface area contributed by atoms with Gasteiger partial charge in [0.2, 0.25) is 0 Å². The van der Waals surface area contributed by atoms with Crippen molar-refractivity contribution in [1.82, 2.24) is 24.4 Å². The number of aromatic nitrogens is 4. The third kappa shape index (κ3) is 4.13. The van der Waals surface area contributed by atoms with Crippen molar-refractivity contribution >= 4 is 5.82 Å². The van der Waals surface area contributed by atoms with Gasteiger partial charge in [-0.1, -0.05) is 0 Å². The number of likely N-dealkylation sites (tertiary alicyclic amines) is 1. The SMILES string of the molecule is Cc1cc(NC2CCN(Cc3ccn(C)c(=O)n3)CC2)ncn1. The van der Waals surface area contributed by atoms with E-state index in [0.29, 0.717) is 6.04 Å². The van der Waals surface area contributed by atoms with Crippen molar-refractivity contribution in [1.29, 1.82) is 0 Å². The van der Waals surface area contributed by atoms with Gasteiger partial charge in [0, 0.05) is 50.7 Å². The first kappa shape index (κ1) is 15.6. The van der Waals surface area contributed by atoms with E-state index < -0.39 is 0 Å². The Balaban J connectivity index is 1.52. The smallest absolute Gasteiger partial charge is 0.347 e. The number of anilines is 1. The molecule has 0 spiro atoms. The molecular formula is C16H22N6O. The molecule has 0 amide bonds. The third-order valence-corrected chi connectivity index (χ3v) is 4.16. The Morgan fingerprint density at radius 3 is 2.78 bits per heavy atom. The lowest BCUT2D eigenvalue weighted by atomic mass is 10.0. The predicted molar refractivity (Wildman–Crippen MR) is 88.2 cm³/mol. The first-order valence-corrected chi connectivity index (χ1v) is 7.90. The molecular weight excluding hydrogens is 292 g/mol. The highest BCUT2D eigenvalue weighted by atomic mass is 16.1. The highest BCUT2D eigenvalue weighted by Gasteiger charge is 2.20. The van der Waals surface area contributed by atoms with Crippen LogP contribution in [0.1, 0.15) is 24.2 Å². The Labute approximate surface area is 135 Å². The van der Waals surface area contributed by atoms with Crippen LogP contribution < -0.4 is 11.0 Å². The molecule has 0 radical (unpaired) electrons. The summed E-state index contributed by atoms with van der Waals surface area (Å²) in [5, 5.41) is 3.48. The maximum Gasteiger partial charge on any atom is 0.347 e. The Bertz CT molecular complexity index is 721. The van der Waals surface area contributed by atoms with E-state index in [4.69, 9.17) is 0 Å². The number of nitrogens with zero attached hydrogens (tertiary/aromatic N) is 5. The van der Waals surface area contributed by atoms with Crippen LogP contribution in [0.4, 0.5) is 5.82 Å². The largest absolute Gasteiger partial charge is 0.367 e. The Kier molecular flexibility index (Phi) is 4.66. The average Bonchev–Trinajstić information content (AvgIpc) is 2.53. The number of hydrogen-bond donors (Lipinski definition) is 1. The standard InChI is InChI=1S/C16H22N6O/c1-12-9-15(18-11-17-12)19-13-4-7-22(8-5-13)10-14-3-6-21(2)16(23)20-14/h3,6,9,11,13H,4-5,7-8,10H2,1-2H3,(H,17,18,19). The molecule has 7 nitrogen and oxygen atoms in total. The molecule has 1 N–H and O–H groups in total. The van der Waals surface area contributed by atoms with Gasteiger partial charge in [-0.25, -0.2) is 14.8 Å². The number of aryl methyl sites for hydroxylation is 2. The highest BCUT2D eigenvalue weighted by molar-refractivity contribution is 5.35. The van der Waals surface area contributed by atoms with Crippen molar-refractivity contribution < 1.29 is 0 Å². The van der Waals surface area contributed by atoms with Crippen LogP contribution in [-0.2, 0) is 13.6 Å². The minimum atomic E-state index is -0.196. The second-order valence-corrected chi connectivity index (χ2v) is 6.05. The van der Waals surface area contributed by atoms with E-state index in [9.17, 15) is 4.79 Å². The molecule has 0 unspecified atom stereocenters.